The third-order valence-corrected chi connectivity index (χ3v) is 3.29. The van der Waals surface area contributed by atoms with Crippen LogP contribution in [0.2, 0.25) is 0 Å². The molecule has 1 aromatic carbocycles. The number of hydrogen-bond donors (Lipinski definition) is 0. The molecule has 0 radical (unpaired) electrons. The summed E-state index contributed by atoms with van der Waals surface area (Å²) in [6.07, 6.45) is 6.51. The summed E-state index contributed by atoms with van der Waals surface area (Å²) in [6, 6.07) is 12.0. The molecular formula is C17H23Br2N4-. The molecule has 1 heterocycles. The maximum atomic E-state index is 4.27. The van der Waals surface area contributed by atoms with Crippen LogP contribution in [0.25, 0.3) is 0 Å². The molecule has 0 aliphatic carbocycles. The van der Waals surface area contributed by atoms with Crippen LogP contribution in [0.3, 0.4) is 0 Å². The van der Waals surface area contributed by atoms with E-state index >= 15 is 0 Å². The standard InChI is InChI=1S/C17H23N4.2BrH/c1-4-5-12-21-13-10-16(11-14-21)19-18-15-6-8-17(9-7-15)20(2)3;;/h6-11,13-14H,4-5,12H2,1-3H3;2*1H/q+1;;/p-2. The number of anilines is 1. The van der Waals surface area contributed by atoms with E-state index in [0.717, 1.165) is 23.6 Å². The summed E-state index contributed by atoms with van der Waals surface area (Å²) < 4.78 is 2.17. The quantitative estimate of drug-likeness (QED) is 0.386. The Morgan fingerprint density at radius 1 is 0.870 bits per heavy atom. The van der Waals surface area contributed by atoms with Crippen LogP contribution in [0, 0.1) is 0 Å². The molecule has 0 aliphatic rings. The fourth-order valence-electron chi connectivity index (χ4n) is 1.94. The summed E-state index contributed by atoms with van der Waals surface area (Å²) in [5, 5.41) is 8.54. The highest BCUT2D eigenvalue weighted by molar-refractivity contribution is 5.51. The minimum absolute atomic E-state index is 0. The molecule has 23 heavy (non-hydrogen) atoms. The van der Waals surface area contributed by atoms with Crippen LogP contribution >= 0.6 is 0 Å². The number of azo groups is 1. The van der Waals surface area contributed by atoms with Crippen LogP contribution in [0.5, 0.6) is 0 Å². The SMILES string of the molecule is CCCC[n+]1ccc(N=Nc2ccc(N(C)C)cc2)cc1.[Br-].[Br-]. The second kappa shape index (κ2) is 11.3. The molecule has 0 N–H and O–H groups in total. The van der Waals surface area contributed by atoms with Crippen LogP contribution in [0.4, 0.5) is 17.1 Å². The van der Waals surface area contributed by atoms with Crippen molar-refractivity contribution in [3.63, 3.8) is 0 Å². The molecule has 0 saturated carbocycles. The van der Waals surface area contributed by atoms with E-state index in [0.29, 0.717) is 0 Å². The smallest absolute Gasteiger partial charge is 0.171 e. The second-order valence-electron chi connectivity index (χ2n) is 5.26. The first-order valence-electron chi connectivity index (χ1n) is 7.37. The summed E-state index contributed by atoms with van der Waals surface area (Å²) in [7, 11) is 4.04. The van der Waals surface area contributed by atoms with E-state index in [2.05, 4.69) is 39.0 Å². The Balaban J connectivity index is 0.00000242. The molecule has 6 heteroatoms. The van der Waals surface area contributed by atoms with Gasteiger partial charge in [0.05, 0.1) is 11.4 Å². The number of hydrogen-bond acceptors (Lipinski definition) is 3. The Kier molecular flexibility index (Phi) is 10.7. The van der Waals surface area contributed by atoms with Gasteiger partial charge in [0.15, 0.2) is 12.4 Å². The Morgan fingerprint density at radius 2 is 1.39 bits per heavy atom. The maximum absolute atomic E-state index is 4.27. The molecule has 4 nitrogen and oxygen atoms in total. The molecule has 0 fully saturated rings. The van der Waals surface area contributed by atoms with Crippen molar-refractivity contribution in [3.05, 3.63) is 48.8 Å². The minimum atomic E-state index is 0. The van der Waals surface area contributed by atoms with Crippen LogP contribution in [-0.4, -0.2) is 14.1 Å². The summed E-state index contributed by atoms with van der Waals surface area (Å²) >= 11 is 0. The second-order valence-corrected chi connectivity index (χ2v) is 5.26. The number of pyridine rings is 1. The summed E-state index contributed by atoms with van der Waals surface area (Å²) in [5.41, 5.74) is 2.90. The number of aromatic nitrogens is 1. The van der Waals surface area contributed by atoms with Gasteiger partial charge in [0, 0.05) is 38.3 Å². The Hall–Kier alpha value is -1.27. The highest BCUT2D eigenvalue weighted by atomic mass is 79.9. The summed E-state index contributed by atoms with van der Waals surface area (Å²) in [4.78, 5) is 2.06. The first-order chi connectivity index (χ1) is 10.2. The number of nitrogens with zero attached hydrogens (tertiary/aromatic N) is 4. The fourth-order valence-corrected chi connectivity index (χ4v) is 1.94. The lowest BCUT2D eigenvalue weighted by Crippen LogP contribution is -3.00. The van der Waals surface area contributed by atoms with Gasteiger partial charge in [-0.2, -0.15) is 10.2 Å². The van der Waals surface area contributed by atoms with Gasteiger partial charge in [-0.05, 0) is 24.3 Å². The molecule has 0 saturated heterocycles. The Morgan fingerprint density at radius 3 is 1.87 bits per heavy atom. The van der Waals surface area contributed by atoms with Gasteiger partial charge >= 0.3 is 0 Å². The number of rotatable bonds is 6. The lowest BCUT2D eigenvalue weighted by atomic mass is 10.3. The average molecular weight is 443 g/mol. The molecule has 0 spiro atoms. The van der Waals surface area contributed by atoms with Crippen molar-refractivity contribution in [2.45, 2.75) is 26.3 Å². The maximum Gasteiger partial charge on any atom is 0.171 e. The molecular weight excluding hydrogens is 420 g/mol. The first-order valence-corrected chi connectivity index (χ1v) is 7.37. The minimum Gasteiger partial charge on any atom is -1.00 e. The fraction of sp³-hybridized carbons (Fsp3) is 0.353. The molecule has 0 atom stereocenters. The first kappa shape index (κ1) is 21.7. The lowest BCUT2D eigenvalue weighted by Gasteiger charge is -2.11. The third kappa shape index (κ3) is 7.22. The van der Waals surface area contributed by atoms with E-state index in [1.54, 1.807) is 0 Å². The molecule has 0 amide bonds. The summed E-state index contributed by atoms with van der Waals surface area (Å²) in [5.74, 6) is 0. The number of unbranched alkanes of at least 4 members (excludes halogenated alkanes) is 1. The average Bonchev–Trinajstić information content (AvgIpc) is 2.52. The highest BCUT2D eigenvalue weighted by Gasteiger charge is 1.99. The zero-order chi connectivity index (χ0) is 15.1. The molecule has 2 aromatic rings. The van der Waals surface area contributed by atoms with E-state index in [1.165, 1.54) is 12.8 Å². The summed E-state index contributed by atoms with van der Waals surface area (Å²) in [6.45, 7) is 3.25. The molecule has 126 valence electrons. The van der Waals surface area contributed by atoms with Crippen molar-refractivity contribution in [2.24, 2.45) is 10.2 Å². The Labute approximate surface area is 159 Å². The molecule has 2 rings (SSSR count). The van der Waals surface area contributed by atoms with Gasteiger partial charge in [-0.3, -0.25) is 0 Å². The van der Waals surface area contributed by atoms with Crippen molar-refractivity contribution in [3.8, 4) is 0 Å². The van der Waals surface area contributed by atoms with Gasteiger partial charge in [0.2, 0.25) is 0 Å². The number of benzene rings is 1. The predicted molar refractivity (Wildman–Crippen MR) is 86.5 cm³/mol. The van der Waals surface area contributed by atoms with Crippen molar-refractivity contribution in [1.29, 1.82) is 0 Å². The van der Waals surface area contributed by atoms with E-state index in [4.69, 9.17) is 0 Å². The van der Waals surface area contributed by atoms with Crippen LogP contribution in [0.1, 0.15) is 19.8 Å². The largest absolute Gasteiger partial charge is 1.00 e. The van der Waals surface area contributed by atoms with Crippen molar-refractivity contribution in [2.75, 3.05) is 19.0 Å². The van der Waals surface area contributed by atoms with Crippen molar-refractivity contribution in [1.82, 2.24) is 0 Å². The van der Waals surface area contributed by atoms with Gasteiger partial charge < -0.3 is 38.9 Å². The monoisotopic (exact) mass is 441 g/mol. The van der Waals surface area contributed by atoms with Gasteiger partial charge in [-0.15, -0.1) is 0 Å². The predicted octanol–water partition coefficient (Wildman–Crippen LogP) is -1.74. The van der Waals surface area contributed by atoms with Crippen molar-refractivity contribution < 1.29 is 38.5 Å². The molecule has 0 bridgehead atoms. The zero-order valence-electron chi connectivity index (χ0n) is 13.8. The number of aryl methyl sites for hydroxylation is 1. The Bertz CT molecular complexity index is 581. The van der Waals surface area contributed by atoms with Gasteiger partial charge in [0.1, 0.15) is 6.54 Å². The van der Waals surface area contributed by atoms with E-state index in [-0.39, 0.29) is 34.0 Å². The topological polar surface area (TPSA) is 31.8 Å². The van der Waals surface area contributed by atoms with E-state index in [9.17, 15) is 0 Å². The third-order valence-electron chi connectivity index (χ3n) is 3.29. The van der Waals surface area contributed by atoms with E-state index < -0.39 is 0 Å². The lowest BCUT2D eigenvalue weighted by molar-refractivity contribution is -0.697. The molecule has 0 aliphatic heterocycles. The zero-order valence-corrected chi connectivity index (χ0v) is 17.0. The molecule has 0 unspecified atom stereocenters. The number of halogens is 2. The highest BCUT2D eigenvalue weighted by Crippen LogP contribution is 2.20. The van der Waals surface area contributed by atoms with Gasteiger partial charge in [0.25, 0.3) is 0 Å². The van der Waals surface area contributed by atoms with Crippen LogP contribution in [-0.2, 0) is 6.54 Å². The van der Waals surface area contributed by atoms with Crippen molar-refractivity contribution >= 4 is 17.1 Å². The van der Waals surface area contributed by atoms with Crippen LogP contribution in [0.15, 0.2) is 59.0 Å². The normalized spacial score (nSPS) is 10.0. The van der Waals surface area contributed by atoms with E-state index in [1.807, 2.05) is 50.5 Å². The van der Waals surface area contributed by atoms with Gasteiger partial charge in [-0.1, -0.05) is 13.3 Å². The molecule has 1 aromatic heterocycles. The van der Waals surface area contributed by atoms with Gasteiger partial charge in [-0.25, -0.2) is 4.57 Å². The van der Waals surface area contributed by atoms with Crippen LogP contribution < -0.4 is 43.4 Å².